The summed E-state index contributed by atoms with van der Waals surface area (Å²) in [4.78, 5) is 12.3. The number of benzene rings is 1. The number of carbonyl (C=O) groups excluding carboxylic acids is 1. The van der Waals surface area contributed by atoms with Crippen LogP contribution < -0.4 is 11.1 Å². The molecule has 112 valence electrons. The molecule has 1 heterocycles. The molecule has 0 saturated heterocycles. The van der Waals surface area contributed by atoms with Gasteiger partial charge in [-0.3, -0.25) is 4.79 Å². The summed E-state index contributed by atoms with van der Waals surface area (Å²) in [5.41, 5.74) is 6.08. The zero-order valence-electron chi connectivity index (χ0n) is 11.7. The summed E-state index contributed by atoms with van der Waals surface area (Å²) < 4.78 is 14.7. The molecule has 0 aliphatic carbocycles. The van der Waals surface area contributed by atoms with E-state index < -0.39 is 6.04 Å². The van der Waals surface area contributed by atoms with E-state index in [1.165, 1.54) is 16.8 Å². The summed E-state index contributed by atoms with van der Waals surface area (Å²) in [5.74, 6) is -0.0820. The quantitative estimate of drug-likeness (QED) is 0.779. The van der Waals surface area contributed by atoms with Crippen LogP contribution in [0.1, 0.15) is 17.4 Å². The summed E-state index contributed by atoms with van der Waals surface area (Å²) in [6.07, 6.45) is 0.292. The van der Waals surface area contributed by atoms with E-state index >= 15 is 0 Å². The third kappa shape index (κ3) is 3.82. The fourth-order valence-electron chi connectivity index (χ4n) is 2.02. The lowest BCUT2D eigenvalue weighted by Gasteiger charge is -2.17. The number of amides is 1. The molecule has 21 heavy (non-hydrogen) atoms. The molecule has 1 amide bonds. The number of hydrogen-bond donors (Lipinski definition) is 2. The number of halogens is 1. The number of hydrogen-bond acceptors (Lipinski definition) is 5. The molecule has 2 rings (SSSR count). The molecule has 1 atom stereocenters. The Hall–Kier alpha value is -2.35. The van der Waals surface area contributed by atoms with E-state index in [4.69, 9.17) is 5.73 Å². The Morgan fingerprint density at radius 1 is 1.52 bits per heavy atom. The molecule has 1 aromatic heterocycles. The van der Waals surface area contributed by atoms with Crippen LogP contribution in [0.5, 0.6) is 0 Å². The molecule has 0 aliphatic heterocycles. The molecule has 0 aliphatic rings. The summed E-state index contributed by atoms with van der Waals surface area (Å²) in [6, 6.07) is 5.46. The first kappa shape index (κ1) is 15.0. The maximum absolute atomic E-state index is 13.3. The Morgan fingerprint density at radius 2 is 2.33 bits per heavy atom. The van der Waals surface area contributed by atoms with E-state index in [0.29, 0.717) is 30.9 Å². The van der Waals surface area contributed by atoms with Crippen molar-refractivity contribution in [2.75, 3.05) is 13.1 Å². The lowest BCUT2D eigenvalue weighted by Crippen LogP contribution is -2.37. The minimum Gasteiger partial charge on any atom is -0.353 e. The Balaban J connectivity index is 2.24. The van der Waals surface area contributed by atoms with Gasteiger partial charge in [0.05, 0.1) is 0 Å². The SMILES string of the molecule is Cc1nnnn1C(Cc1cccc(F)c1)C(=O)NCCN. The predicted molar refractivity (Wildman–Crippen MR) is 73.8 cm³/mol. The van der Waals surface area contributed by atoms with Crippen LogP contribution >= 0.6 is 0 Å². The number of aromatic nitrogens is 4. The zero-order chi connectivity index (χ0) is 15.2. The maximum Gasteiger partial charge on any atom is 0.245 e. The van der Waals surface area contributed by atoms with Crippen molar-refractivity contribution in [3.8, 4) is 0 Å². The molecule has 7 nitrogen and oxygen atoms in total. The van der Waals surface area contributed by atoms with Crippen LogP contribution in [0.15, 0.2) is 24.3 Å². The zero-order valence-corrected chi connectivity index (χ0v) is 11.7. The number of nitrogens with zero attached hydrogens (tertiary/aromatic N) is 4. The largest absolute Gasteiger partial charge is 0.353 e. The van der Waals surface area contributed by atoms with Gasteiger partial charge in [0.2, 0.25) is 5.91 Å². The second-order valence-electron chi connectivity index (χ2n) is 4.60. The van der Waals surface area contributed by atoms with Crippen molar-refractivity contribution in [2.24, 2.45) is 5.73 Å². The third-order valence-electron chi connectivity index (χ3n) is 3.02. The van der Waals surface area contributed by atoms with Crippen LogP contribution in [0, 0.1) is 12.7 Å². The van der Waals surface area contributed by atoms with Crippen molar-refractivity contribution in [2.45, 2.75) is 19.4 Å². The molecule has 0 spiro atoms. The molecule has 0 fully saturated rings. The number of carbonyl (C=O) groups is 1. The normalized spacial score (nSPS) is 12.1. The van der Waals surface area contributed by atoms with Crippen molar-refractivity contribution < 1.29 is 9.18 Å². The van der Waals surface area contributed by atoms with E-state index in [2.05, 4.69) is 20.8 Å². The Bertz CT molecular complexity index is 614. The van der Waals surface area contributed by atoms with Crippen molar-refractivity contribution in [1.82, 2.24) is 25.5 Å². The monoisotopic (exact) mass is 292 g/mol. The molecule has 1 unspecified atom stereocenters. The van der Waals surface area contributed by atoms with Crippen LogP contribution in [0.25, 0.3) is 0 Å². The van der Waals surface area contributed by atoms with Gasteiger partial charge in [-0.25, -0.2) is 9.07 Å². The first-order valence-corrected chi connectivity index (χ1v) is 6.58. The standard InChI is InChI=1S/C13H17FN6O/c1-9-17-18-19-20(9)12(13(21)16-6-5-15)8-10-3-2-4-11(14)7-10/h2-4,7,12H,5-6,8,15H2,1H3,(H,16,21). The minimum absolute atomic E-state index is 0.250. The van der Waals surface area contributed by atoms with Gasteiger partial charge in [0.1, 0.15) is 17.7 Å². The number of nitrogens with two attached hydrogens (primary N) is 1. The Morgan fingerprint density at radius 3 is 2.95 bits per heavy atom. The van der Waals surface area contributed by atoms with Crippen molar-refractivity contribution in [3.05, 3.63) is 41.5 Å². The molecular weight excluding hydrogens is 275 g/mol. The first-order valence-electron chi connectivity index (χ1n) is 6.58. The average Bonchev–Trinajstić information content (AvgIpc) is 2.88. The Kier molecular flexibility index (Phi) is 4.94. The molecule has 1 aromatic carbocycles. The minimum atomic E-state index is -0.645. The molecular formula is C13H17FN6O. The summed E-state index contributed by atoms with van der Waals surface area (Å²) in [7, 11) is 0. The second kappa shape index (κ2) is 6.89. The number of rotatable bonds is 6. The second-order valence-corrected chi connectivity index (χ2v) is 4.60. The molecule has 0 saturated carbocycles. The summed E-state index contributed by atoms with van der Waals surface area (Å²) in [5, 5.41) is 13.9. The van der Waals surface area contributed by atoms with Gasteiger partial charge in [-0.2, -0.15) is 0 Å². The van der Waals surface area contributed by atoms with E-state index in [1.54, 1.807) is 19.1 Å². The highest BCUT2D eigenvalue weighted by Gasteiger charge is 2.23. The molecule has 3 N–H and O–H groups in total. The van der Waals surface area contributed by atoms with Crippen molar-refractivity contribution in [3.63, 3.8) is 0 Å². The predicted octanol–water partition coefficient (Wildman–Crippen LogP) is -0.0207. The van der Waals surface area contributed by atoms with Gasteiger partial charge in [-0.1, -0.05) is 12.1 Å². The number of tetrazole rings is 1. The van der Waals surface area contributed by atoms with E-state index in [0.717, 1.165) is 0 Å². The summed E-state index contributed by atoms with van der Waals surface area (Å²) >= 11 is 0. The molecule has 0 radical (unpaired) electrons. The lowest BCUT2D eigenvalue weighted by atomic mass is 10.1. The van der Waals surface area contributed by atoms with Crippen LogP contribution in [0.3, 0.4) is 0 Å². The molecule has 8 heteroatoms. The van der Waals surface area contributed by atoms with Gasteiger partial charge >= 0.3 is 0 Å². The van der Waals surface area contributed by atoms with Crippen LogP contribution in [-0.4, -0.2) is 39.2 Å². The van der Waals surface area contributed by atoms with E-state index in [1.807, 2.05) is 0 Å². The number of aryl methyl sites for hydroxylation is 1. The smallest absolute Gasteiger partial charge is 0.245 e. The van der Waals surface area contributed by atoms with Crippen molar-refractivity contribution >= 4 is 5.91 Å². The maximum atomic E-state index is 13.3. The summed E-state index contributed by atoms with van der Waals surface area (Å²) in [6.45, 7) is 2.40. The van der Waals surface area contributed by atoms with Crippen LogP contribution in [-0.2, 0) is 11.2 Å². The van der Waals surface area contributed by atoms with Gasteiger partial charge in [-0.15, -0.1) is 5.10 Å². The van der Waals surface area contributed by atoms with E-state index in [9.17, 15) is 9.18 Å². The highest BCUT2D eigenvalue weighted by molar-refractivity contribution is 5.80. The van der Waals surface area contributed by atoms with Crippen LogP contribution in [0.2, 0.25) is 0 Å². The van der Waals surface area contributed by atoms with E-state index in [-0.39, 0.29) is 11.7 Å². The highest BCUT2D eigenvalue weighted by atomic mass is 19.1. The van der Waals surface area contributed by atoms with Gasteiger partial charge in [-0.05, 0) is 35.0 Å². The first-order chi connectivity index (χ1) is 10.1. The highest BCUT2D eigenvalue weighted by Crippen LogP contribution is 2.15. The Labute approximate surface area is 121 Å². The van der Waals surface area contributed by atoms with Crippen LogP contribution in [0.4, 0.5) is 4.39 Å². The van der Waals surface area contributed by atoms with Gasteiger partial charge < -0.3 is 11.1 Å². The van der Waals surface area contributed by atoms with Gasteiger partial charge in [0, 0.05) is 19.5 Å². The number of nitrogens with one attached hydrogen (secondary N) is 1. The lowest BCUT2D eigenvalue weighted by molar-refractivity contribution is -0.124. The van der Waals surface area contributed by atoms with Gasteiger partial charge in [0.15, 0.2) is 0 Å². The molecule has 2 aromatic rings. The van der Waals surface area contributed by atoms with Gasteiger partial charge in [0.25, 0.3) is 0 Å². The van der Waals surface area contributed by atoms with Crippen molar-refractivity contribution in [1.29, 1.82) is 0 Å². The molecule has 0 bridgehead atoms. The topological polar surface area (TPSA) is 98.7 Å². The fraction of sp³-hybridized carbons (Fsp3) is 0.385. The third-order valence-corrected chi connectivity index (χ3v) is 3.02. The average molecular weight is 292 g/mol. The fourth-order valence-corrected chi connectivity index (χ4v) is 2.02.